The number of nitrogens with zero attached hydrogens (tertiary/aromatic N) is 2. The molecule has 2 rings (SSSR count). The molecule has 4 heteroatoms. The number of carbonyl (C=O) groups is 1. The fraction of sp³-hybridized carbons (Fsp3) is 0.231. The lowest BCUT2D eigenvalue weighted by atomic mass is 10.1. The average molecular weight is 229 g/mol. The number of nitrogens with one attached hydrogen (secondary N) is 1. The fourth-order valence-electron chi connectivity index (χ4n) is 1.68. The predicted octanol–water partition coefficient (Wildman–Crippen LogP) is 2.35. The number of amides is 1. The minimum atomic E-state index is -0.117. The van der Waals surface area contributed by atoms with E-state index in [1.165, 1.54) is 12.5 Å². The molecule has 0 aliphatic carbocycles. The zero-order valence-corrected chi connectivity index (χ0v) is 10.2. The van der Waals surface area contributed by atoms with E-state index in [-0.39, 0.29) is 5.91 Å². The van der Waals surface area contributed by atoms with Crippen molar-refractivity contribution in [2.24, 2.45) is 7.05 Å². The highest BCUT2D eigenvalue weighted by Crippen LogP contribution is 2.22. The fourth-order valence-corrected chi connectivity index (χ4v) is 1.68. The molecule has 1 amide bonds. The Morgan fingerprint density at radius 2 is 1.94 bits per heavy atom. The Morgan fingerprint density at radius 1 is 1.29 bits per heavy atom. The number of imidazole rings is 1. The van der Waals surface area contributed by atoms with Crippen LogP contribution >= 0.6 is 0 Å². The molecule has 2 aromatic rings. The Kier molecular flexibility index (Phi) is 2.95. The van der Waals surface area contributed by atoms with Crippen molar-refractivity contribution in [3.05, 3.63) is 36.0 Å². The number of aryl methyl sites for hydroxylation is 1. The summed E-state index contributed by atoms with van der Waals surface area (Å²) in [5.41, 5.74) is 3.29. The largest absolute Gasteiger partial charge is 0.313 e. The normalized spacial score (nSPS) is 10.3. The second-order valence-electron chi connectivity index (χ2n) is 4.07. The first-order valence-corrected chi connectivity index (χ1v) is 5.44. The Balaban J connectivity index is 2.37. The quantitative estimate of drug-likeness (QED) is 0.859. The Bertz CT molecular complexity index is 540. The van der Waals surface area contributed by atoms with Crippen LogP contribution in [0.15, 0.2) is 30.5 Å². The number of benzene rings is 1. The Morgan fingerprint density at radius 3 is 2.53 bits per heavy atom. The monoisotopic (exact) mass is 229 g/mol. The lowest BCUT2D eigenvalue weighted by Gasteiger charge is -2.06. The summed E-state index contributed by atoms with van der Waals surface area (Å²) in [6, 6.07) is 8.20. The van der Waals surface area contributed by atoms with Crippen LogP contribution in [0.4, 0.5) is 5.95 Å². The molecule has 4 nitrogen and oxygen atoms in total. The van der Waals surface area contributed by atoms with Crippen LogP contribution in [0.25, 0.3) is 11.3 Å². The van der Waals surface area contributed by atoms with Crippen LogP contribution in [0.1, 0.15) is 12.5 Å². The SMILES string of the molecule is CC(=O)Nc1ncc(-c2ccc(C)cc2)n1C. The van der Waals surface area contributed by atoms with Crippen LogP contribution in [0.2, 0.25) is 0 Å². The third-order valence-electron chi connectivity index (χ3n) is 2.62. The summed E-state index contributed by atoms with van der Waals surface area (Å²) in [5.74, 6) is 0.447. The van der Waals surface area contributed by atoms with E-state index in [0.717, 1.165) is 11.3 Å². The summed E-state index contributed by atoms with van der Waals surface area (Å²) in [5, 5.41) is 2.69. The van der Waals surface area contributed by atoms with Crippen molar-refractivity contribution in [2.75, 3.05) is 5.32 Å². The van der Waals surface area contributed by atoms with E-state index in [2.05, 4.69) is 29.4 Å². The van der Waals surface area contributed by atoms with E-state index in [4.69, 9.17) is 0 Å². The summed E-state index contributed by atoms with van der Waals surface area (Å²) in [4.78, 5) is 15.2. The van der Waals surface area contributed by atoms with E-state index in [1.807, 2.05) is 23.7 Å². The summed E-state index contributed by atoms with van der Waals surface area (Å²) in [6.45, 7) is 3.52. The van der Waals surface area contributed by atoms with E-state index in [9.17, 15) is 4.79 Å². The van der Waals surface area contributed by atoms with E-state index in [1.54, 1.807) is 6.20 Å². The molecule has 0 saturated heterocycles. The van der Waals surface area contributed by atoms with Crippen LogP contribution in [0.3, 0.4) is 0 Å². The summed E-state index contributed by atoms with van der Waals surface area (Å²) >= 11 is 0. The molecule has 0 bridgehead atoms. The number of rotatable bonds is 2. The van der Waals surface area contributed by atoms with Crippen molar-refractivity contribution in [2.45, 2.75) is 13.8 Å². The zero-order valence-electron chi connectivity index (χ0n) is 10.2. The molecule has 0 aliphatic rings. The molecule has 0 unspecified atom stereocenters. The number of carbonyl (C=O) groups excluding carboxylic acids is 1. The molecule has 1 heterocycles. The van der Waals surface area contributed by atoms with Crippen LogP contribution in [-0.4, -0.2) is 15.5 Å². The van der Waals surface area contributed by atoms with Gasteiger partial charge in [0.05, 0.1) is 11.9 Å². The van der Waals surface area contributed by atoms with Gasteiger partial charge in [0.25, 0.3) is 0 Å². The Labute approximate surface area is 100 Å². The minimum Gasteiger partial charge on any atom is -0.313 e. The number of hydrogen-bond acceptors (Lipinski definition) is 2. The average Bonchev–Trinajstić information content (AvgIpc) is 2.61. The molecule has 1 aromatic heterocycles. The maximum atomic E-state index is 11.0. The van der Waals surface area contributed by atoms with E-state index in [0.29, 0.717) is 5.95 Å². The molecule has 0 atom stereocenters. The van der Waals surface area contributed by atoms with Gasteiger partial charge in [-0.25, -0.2) is 4.98 Å². The second kappa shape index (κ2) is 4.41. The van der Waals surface area contributed by atoms with Gasteiger partial charge in [-0.1, -0.05) is 29.8 Å². The molecule has 0 saturated carbocycles. The molecular formula is C13H15N3O. The van der Waals surface area contributed by atoms with Crippen molar-refractivity contribution in [3.63, 3.8) is 0 Å². The summed E-state index contributed by atoms with van der Waals surface area (Å²) < 4.78 is 1.87. The molecular weight excluding hydrogens is 214 g/mol. The van der Waals surface area contributed by atoms with Crippen molar-refractivity contribution < 1.29 is 4.79 Å². The van der Waals surface area contributed by atoms with Crippen LogP contribution in [0.5, 0.6) is 0 Å². The maximum Gasteiger partial charge on any atom is 0.223 e. The van der Waals surface area contributed by atoms with Crippen molar-refractivity contribution >= 4 is 11.9 Å². The van der Waals surface area contributed by atoms with Gasteiger partial charge in [0.1, 0.15) is 0 Å². The summed E-state index contributed by atoms with van der Waals surface area (Å²) in [6.07, 6.45) is 1.76. The van der Waals surface area contributed by atoms with Gasteiger partial charge >= 0.3 is 0 Å². The van der Waals surface area contributed by atoms with Crippen molar-refractivity contribution in [1.82, 2.24) is 9.55 Å². The van der Waals surface area contributed by atoms with Gasteiger partial charge in [-0.2, -0.15) is 0 Å². The van der Waals surface area contributed by atoms with Crippen LogP contribution in [-0.2, 0) is 11.8 Å². The Hall–Kier alpha value is -2.10. The topological polar surface area (TPSA) is 46.9 Å². The summed E-state index contributed by atoms with van der Waals surface area (Å²) in [7, 11) is 1.88. The molecule has 88 valence electrons. The van der Waals surface area contributed by atoms with Gasteiger partial charge in [0.2, 0.25) is 11.9 Å². The number of anilines is 1. The first-order valence-electron chi connectivity index (χ1n) is 5.44. The molecule has 17 heavy (non-hydrogen) atoms. The van der Waals surface area contributed by atoms with Gasteiger partial charge in [0, 0.05) is 14.0 Å². The standard InChI is InChI=1S/C13H15N3O/c1-9-4-6-11(7-5-9)12-8-14-13(16(12)3)15-10(2)17/h4-8H,1-3H3,(H,14,15,17). The predicted molar refractivity (Wildman–Crippen MR) is 67.7 cm³/mol. The van der Waals surface area contributed by atoms with Gasteiger partial charge in [-0.3, -0.25) is 10.1 Å². The molecule has 1 N–H and O–H groups in total. The molecule has 0 radical (unpaired) electrons. The first kappa shape index (κ1) is 11.4. The third-order valence-corrected chi connectivity index (χ3v) is 2.62. The maximum absolute atomic E-state index is 11.0. The van der Waals surface area contributed by atoms with Crippen molar-refractivity contribution in [3.8, 4) is 11.3 Å². The second-order valence-corrected chi connectivity index (χ2v) is 4.07. The highest BCUT2D eigenvalue weighted by molar-refractivity contribution is 5.87. The van der Waals surface area contributed by atoms with Crippen molar-refractivity contribution in [1.29, 1.82) is 0 Å². The number of aromatic nitrogens is 2. The smallest absolute Gasteiger partial charge is 0.223 e. The van der Waals surface area contributed by atoms with Gasteiger partial charge in [-0.05, 0) is 12.5 Å². The highest BCUT2D eigenvalue weighted by atomic mass is 16.1. The molecule has 1 aromatic carbocycles. The van der Waals surface area contributed by atoms with Crippen LogP contribution in [0, 0.1) is 6.92 Å². The third kappa shape index (κ3) is 2.36. The molecule has 0 fully saturated rings. The zero-order chi connectivity index (χ0) is 12.4. The van der Waals surface area contributed by atoms with Gasteiger partial charge < -0.3 is 4.57 Å². The van der Waals surface area contributed by atoms with E-state index < -0.39 is 0 Å². The number of hydrogen-bond donors (Lipinski definition) is 1. The van der Waals surface area contributed by atoms with Crippen LogP contribution < -0.4 is 5.32 Å². The first-order chi connectivity index (χ1) is 8.08. The highest BCUT2D eigenvalue weighted by Gasteiger charge is 2.08. The lowest BCUT2D eigenvalue weighted by Crippen LogP contribution is -2.10. The van der Waals surface area contributed by atoms with Gasteiger partial charge in [0.15, 0.2) is 0 Å². The van der Waals surface area contributed by atoms with Gasteiger partial charge in [-0.15, -0.1) is 0 Å². The van der Waals surface area contributed by atoms with E-state index >= 15 is 0 Å². The molecule has 0 spiro atoms. The minimum absolute atomic E-state index is 0.117. The lowest BCUT2D eigenvalue weighted by molar-refractivity contribution is -0.114. The molecule has 0 aliphatic heterocycles.